The molecule has 1 saturated heterocycles. The lowest BCUT2D eigenvalue weighted by Crippen LogP contribution is -2.29. The number of Topliss-reactive ketones (excluding diaryl/α,β-unsaturated/α-hetero) is 1. The number of para-hydroxylation sites is 1. The zero-order chi connectivity index (χ0) is 21.3. The largest absolute Gasteiger partial charge is 0.507 e. The molecule has 0 spiro atoms. The molecular weight excluding hydrogens is 382 g/mol. The summed E-state index contributed by atoms with van der Waals surface area (Å²) in [6, 6.07) is 16.7. The van der Waals surface area contributed by atoms with Crippen LogP contribution >= 0.6 is 0 Å². The van der Waals surface area contributed by atoms with Crippen molar-refractivity contribution in [1.82, 2.24) is 0 Å². The standard InChI is InChI=1S/C24H21NO5/c1-3-15-10-12-16(13-11-15)25-21(19-9-6-14-30-19)20(23(27)24(25)28)22(26)17-7-4-5-8-18(17)29-2/h4-14,21,26H,3H2,1-2H3/b22-20-. The first kappa shape index (κ1) is 19.5. The minimum absolute atomic E-state index is 0.0426. The second kappa shape index (κ2) is 7.91. The summed E-state index contributed by atoms with van der Waals surface area (Å²) in [4.78, 5) is 27.4. The van der Waals surface area contributed by atoms with E-state index in [4.69, 9.17) is 9.15 Å². The number of carbonyl (C=O) groups is 2. The van der Waals surface area contributed by atoms with Gasteiger partial charge in [0.1, 0.15) is 23.3 Å². The maximum atomic E-state index is 13.0. The van der Waals surface area contributed by atoms with Gasteiger partial charge in [-0.15, -0.1) is 0 Å². The highest BCUT2D eigenvalue weighted by atomic mass is 16.5. The van der Waals surface area contributed by atoms with Crippen molar-refractivity contribution < 1.29 is 23.8 Å². The van der Waals surface area contributed by atoms with E-state index in [0.29, 0.717) is 22.8 Å². The van der Waals surface area contributed by atoms with E-state index in [1.54, 1.807) is 48.5 Å². The molecule has 6 heteroatoms. The molecule has 1 unspecified atom stereocenters. The minimum Gasteiger partial charge on any atom is -0.507 e. The van der Waals surface area contributed by atoms with Crippen LogP contribution in [0.2, 0.25) is 0 Å². The lowest BCUT2D eigenvalue weighted by atomic mass is 9.98. The molecule has 1 N–H and O–H groups in total. The summed E-state index contributed by atoms with van der Waals surface area (Å²) >= 11 is 0. The first-order valence-electron chi connectivity index (χ1n) is 9.63. The van der Waals surface area contributed by atoms with E-state index in [1.807, 2.05) is 19.1 Å². The molecule has 0 aliphatic carbocycles. The van der Waals surface area contributed by atoms with E-state index in [1.165, 1.54) is 18.3 Å². The lowest BCUT2D eigenvalue weighted by Gasteiger charge is -2.23. The van der Waals surface area contributed by atoms with Crippen LogP contribution in [0.25, 0.3) is 5.76 Å². The Balaban J connectivity index is 1.91. The van der Waals surface area contributed by atoms with Gasteiger partial charge in [0.05, 0.1) is 24.5 Å². The van der Waals surface area contributed by atoms with E-state index in [-0.39, 0.29) is 11.3 Å². The number of nitrogens with zero attached hydrogens (tertiary/aromatic N) is 1. The maximum absolute atomic E-state index is 13.0. The fourth-order valence-corrected chi connectivity index (χ4v) is 3.69. The fourth-order valence-electron chi connectivity index (χ4n) is 3.69. The number of aliphatic hydroxyl groups is 1. The number of rotatable bonds is 5. The van der Waals surface area contributed by atoms with E-state index < -0.39 is 17.7 Å². The molecule has 0 radical (unpaired) electrons. The Hall–Kier alpha value is -3.80. The van der Waals surface area contributed by atoms with Crippen LogP contribution < -0.4 is 9.64 Å². The third-order valence-corrected chi connectivity index (χ3v) is 5.24. The molecule has 0 bridgehead atoms. The molecule has 2 aromatic carbocycles. The van der Waals surface area contributed by atoms with Gasteiger partial charge in [0.25, 0.3) is 11.7 Å². The van der Waals surface area contributed by atoms with E-state index in [0.717, 1.165) is 12.0 Å². The predicted molar refractivity (Wildman–Crippen MR) is 112 cm³/mol. The summed E-state index contributed by atoms with van der Waals surface area (Å²) in [6.07, 6.45) is 2.33. The summed E-state index contributed by atoms with van der Waals surface area (Å²) in [5.41, 5.74) is 1.95. The molecule has 30 heavy (non-hydrogen) atoms. The number of furan rings is 1. The van der Waals surface area contributed by atoms with Crippen molar-refractivity contribution in [3.63, 3.8) is 0 Å². The van der Waals surface area contributed by atoms with Crippen LogP contribution in [0.4, 0.5) is 5.69 Å². The van der Waals surface area contributed by atoms with Gasteiger partial charge >= 0.3 is 0 Å². The van der Waals surface area contributed by atoms with Crippen LogP contribution in [-0.2, 0) is 16.0 Å². The Labute approximate surface area is 174 Å². The number of carbonyl (C=O) groups excluding carboxylic acids is 2. The Morgan fingerprint density at radius 1 is 1.07 bits per heavy atom. The van der Waals surface area contributed by atoms with Gasteiger partial charge in [-0.05, 0) is 48.4 Å². The molecule has 1 fully saturated rings. The van der Waals surface area contributed by atoms with E-state index >= 15 is 0 Å². The van der Waals surface area contributed by atoms with Gasteiger partial charge in [-0.2, -0.15) is 0 Å². The predicted octanol–water partition coefficient (Wildman–Crippen LogP) is 4.48. The number of anilines is 1. The summed E-state index contributed by atoms with van der Waals surface area (Å²) < 4.78 is 10.9. The minimum atomic E-state index is -0.891. The van der Waals surface area contributed by atoms with Gasteiger partial charge in [-0.3, -0.25) is 14.5 Å². The van der Waals surface area contributed by atoms with Gasteiger partial charge in [0, 0.05) is 5.69 Å². The lowest BCUT2D eigenvalue weighted by molar-refractivity contribution is -0.132. The van der Waals surface area contributed by atoms with Crippen molar-refractivity contribution in [3.8, 4) is 5.75 Å². The third kappa shape index (κ3) is 3.16. The number of hydrogen-bond acceptors (Lipinski definition) is 5. The van der Waals surface area contributed by atoms with Crippen LogP contribution in [0.5, 0.6) is 5.75 Å². The van der Waals surface area contributed by atoms with Crippen LogP contribution in [-0.4, -0.2) is 23.9 Å². The Kier molecular flexibility index (Phi) is 5.14. The van der Waals surface area contributed by atoms with Crippen molar-refractivity contribution in [3.05, 3.63) is 89.4 Å². The summed E-state index contributed by atoms with van der Waals surface area (Å²) in [5, 5.41) is 11.1. The first-order chi connectivity index (χ1) is 14.6. The highest BCUT2D eigenvalue weighted by molar-refractivity contribution is 6.51. The SMILES string of the molecule is CCc1ccc(N2C(=O)C(=O)/C(=C(\O)c3ccccc3OC)C2c2ccco2)cc1. The molecule has 1 aliphatic heterocycles. The number of amides is 1. The average molecular weight is 403 g/mol. The van der Waals surface area contributed by atoms with Gasteiger partial charge in [0.15, 0.2) is 0 Å². The second-order valence-corrected chi connectivity index (χ2v) is 6.90. The molecule has 6 nitrogen and oxygen atoms in total. The van der Waals surface area contributed by atoms with Crippen LogP contribution in [0.1, 0.15) is 29.9 Å². The molecule has 1 aliphatic rings. The van der Waals surface area contributed by atoms with Crippen LogP contribution in [0.15, 0.2) is 76.9 Å². The normalized spacial score (nSPS) is 18.1. The number of ketones is 1. The van der Waals surface area contributed by atoms with Crippen molar-refractivity contribution in [2.45, 2.75) is 19.4 Å². The quantitative estimate of drug-likeness (QED) is 0.386. The zero-order valence-electron chi connectivity index (χ0n) is 16.7. The Morgan fingerprint density at radius 3 is 2.43 bits per heavy atom. The highest BCUT2D eigenvalue weighted by Gasteiger charge is 2.48. The zero-order valence-corrected chi connectivity index (χ0v) is 16.7. The summed E-state index contributed by atoms with van der Waals surface area (Å²) in [5.74, 6) is -1.03. The topological polar surface area (TPSA) is 80.0 Å². The molecule has 3 aromatic rings. The van der Waals surface area contributed by atoms with Gasteiger partial charge in [0.2, 0.25) is 0 Å². The van der Waals surface area contributed by atoms with Crippen molar-refractivity contribution in [1.29, 1.82) is 0 Å². The molecule has 1 amide bonds. The molecular formula is C24H21NO5. The number of ether oxygens (including phenoxy) is 1. The maximum Gasteiger partial charge on any atom is 0.300 e. The molecule has 0 saturated carbocycles. The van der Waals surface area contributed by atoms with Crippen molar-refractivity contribution >= 4 is 23.1 Å². The molecule has 1 aromatic heterocycles. The fraction of sp³-hybridized carbons (Fsp3) is 0.167. The van der Waals surface area contributed by atoms with E-state index in [9.17, 15) is 14.7 Å². The van der Waals surface area contributed by atoms with Crippen molar-refractivity contribution in [2.24, 2.45) is 0 Å². The number of benzene rings is 2. The number of methoxy groups -OCH3 is 1. The molecule has 1 atom stereocenters. The number of hydrogen-bond donors (Lipinski definition) is 1. The smallest absolute Gasteiger partial charge is 0.300 e. The van der Waals surface area contributed by atoms with Gasteiger partial charge < -0.3 is 14.3 Å². The summed E-state index contributed by atoms with van der Waals surface area (Å²) in [7, 11) is 1.48. The van der Waals surface area contributed by atoms with Crippen molar-refractivity contribution in [2.75, 3.05) is 12.0 Å². The van der Waals surface area contributed by atoms with E-state index in [2.05, 4.69) is 0 Å². The third-order valence-electron chi connectivity index (χ3n) is 5.24. The Morgan fingerprint density at radius 2 is 1.80 bits per heavy atom. The molecule has 2 heterocycles. The monoisotopic (exact) mass is 403 g/mol. The van der Waals surface area contributed by atoms with Gasteiger partial charge in [-0.25, -0.2) is 0 Å². The Bertz CT molecular complexity index is 1110. The molecule has 152 valence electrons. The second-order valence-electron chi connectivity index (χ2n) is 6.90. The van der Waals surface area contributed by atoms with Crippen LogP contribution in [0, 0.1) is 0 Å². The van der Waals surface area contributed by atoms with Crippen LogP contribution in [0.3, 0.4) is 0 Å². The van der Waals surface area contributed by atoms with Gasteiger partial charge in [-0.1, -0.05) is 31.2 Å². The first-order valence-corrected chi connectivity index (χ1v) is 9.63. The number of aliphatic hydroxyl groups excluding tert-OH is 1. The summed E-state index contributed by atoms with van der Waals surface area (Å²) in [6.45, 7) is 2.04. The highest BCUT2D eigenvalue weighted by Crippen LogP contribution is 2.43. The number of aryl methyl sites for hydroxylation is 1. The molecule has 4 rings (SSSR count). The average Bonchev–Trinajstić information content (AvgIpc) is 3.40.